The molecule has 0 atom stereocenters. The molecule has 0 heterocycles. The highest BCUT2D eigenvalue weighted by Crippen LogP contribution is 2.24. The molecule has 0 aliphatic heterocycles. The summed E-state index contributed by atoms with van der Waals surface area (Å²) < 4.78 is 5.51. The average molecular weight is 225 g/mol. The van der Waals surface area contributed by atoms with Crippen LogP contribution in [0.15, 0.2) is 48.5 Å². The number of hydrogen-bond donors (Lipinski definition) is 1. The van der Waals surface area contributed by atoms with E-state index < -0.39 is 0 Å². The van der Waals surface area contributed by atoms with E-state index in [1.807, 2.05) is 36.4 Å². The lowest BCUT2D eigenvalue weighted by Crippen LogP contribution is -1.96. The van der Waals surface area contributed by atoms with Crippen LogP contribution in [0.25, 0.3) is 0 Å². The Bertz CT molecular complexity index is 544. The molecule has 0 unspecified atom stereocenters. The smallest absolute Gasteiger partial charge is 0.141 e. The molecule has 0 bridgehead atoms. The monoisotopic (exact) mass is 225 g/mol. The highest BCUT2D eigenvalue weighted by Gasteiger charge is 2.04. The summed E-state index contributed by atoms with van der Waals surface area (Å²) in [6.45, 7) is 0.374. The molecule has 1 N–H and O–H groups in total. The van der Waals surface area contributed by atoms with Gasteiger partial charge in [-0.05, 0) is 17.7 Å². The zero-order valence-electron chi connectivity index (χ0n) is 9.13. The predicted molar refractivity (Wildman–Crippen MR) is 63.6 cm³/mol. The molecule has 3 nitrogen and oxygen atoms in total. The fraction of sp³-hybridized carbons (Fsp3) is 0.0714. The van der Waals surface area contributed by atoms with Crippen LogP contribution in [-0.2, 0) is 6.61 Å². The van der Waals surface area contributed by atoms with Gasteiger partial charge in [-0.3, -0.25) is 0 Å². The lowest BCUT2D eigenvalue weighted by molar-refractivity contribution is 0.303. The molecule has 0 amide bonds. The molecule has 84 valence electrons. The number of hydrogen-bond acceptors (Lipinski definition) is 3. The first-order valence-corrected chi connectivity index (χ1v) is 5.19. The van der Waals surface area contributed by atoms with E-state index in [1.165, 1.54) is 18.2 Å². The Hall–Kier alpha value is -2.47. The van der Waals surface area contributed by atoms with Crippen LogP contribution >= 0.6 is 0 Å². The molecular weight excluding hydrogens is 214 g/mol. The second-order valence-corrected chi connectivity index (χ2v) is 3.57. The second kappa shape index (κ2) is 5.04. The largest absolute Gasteiger partial charge is 0.508 e. The van der Waals surface area contributed by atoms with Crippen LogP contribution < -0.4 is 4.74 Å². The number of benzene rings is 2. The number of ether oxygens (including phenoxy) is 1. The maximum atomic E-state index is 9.34. The fourth-order valence-electron chi connectivity index (χ4n) is 1.46. The van der Waals surface area contributed by atoms with E-state index >= 15 is 0 Å². The Balaban J connectivity index is 2.14. The summed E-state index contributed by atoms with van der Waals surface area (Å²) in [5, 5.41) is 18.2. The van der Waals surface area contributed by atoms with Crippen LogP contribution in [0, 0.1) is 11.3 Å². The quantitative estimate of drug-likeness (QED) is 0.873. The molecule has 0 spiro atoms. The van der Waals surface area contributed by atoms with Gasteiger partial charge in [0, 0.05) is 6.07 Å². The molecule has 0 radical (unpaired) electrons. The molecule has 0 saturated heterocycles. The molecule has 2 aromatic rings. The summed E-state index contributed by atoms with van der Waals surface area (Å²) in [5.74, 6) is 0.489. The molecule has 2 rings (SSSR count). The number of nitriles is 1. The van der Waals surface area contributed by atoms with Crippen LogP contribution in [0.4, 0.5) is 0 Å². The lowest BCUT2D eigenvalue weighted by Gasteiger charge is -2.08. The van der Waals surface area contributed by atoms with Crippen molar-refractivity contribution in [3.63, 3.8) is 0 Å². The van der Waals surface area contributed by atoms with E-state index in [4.69, 9.17) is 10.00 Å². The van der Waals surface area contributed by atoms with Crippen molar-refractivity contribution in [2.45, 2.75) is 6.61 Å². The van der Waals surface area contributed by atoms with Crippen LogP contribution in [0.1, 0.15) is 11.1 Å². The Morgan fingerprint density at radius 2 is 1.88 bits per heavy atom. The van der Waals surface area contributed by atoms with E-state index in [2.05, 4.69) is 0 Å². The van der Waals surface area contributed by atoms with Crippen molar-refractivity contribution in [3.8, 4) is 17.6 Å². The third kappa shape index (κ3) is 2.76. The topological polar surface area (TPSA) is 53.2 Å². The van der Waals surface area contributed by atoms with Crippen molar-refractivity contribution >= 4 is 0 Å². The van der Waals surface area contributed by atoms with E-state index in [0.29, 0.717) is 17.9 Å². The normalized spacial score (nSPS) is 9.59. The van der Waals surface area contributed by atoms with Crippen LogP contribution in [0.5, 0.6) is 11.5 Å². The summed E-state index contributed by atoms with van der Waals surface area (Å²) >= 11 is 0. The van der Waals surface area contributed by atoms with E-state index in [-0.39, 0.29) is 5.75 Å². The maximum Gasteiger partial charge on any atom is 0.141 e. The molecule has 0 aliphatic carbocycles. The molecule has 17 heavy (non-hydrogen) atoms. The van der Waals surface area contributed by atoms with Gasteiger partial charge in [0.25, 0.3) is 0 Å². The maximum absolute atomic E-state index is 9.34. The minimum atomic E-state index is 0.0899. The number of phenolic OH excluding ortho intramolecular Hbond substituents is 1. The van der Waals surface area contributed by atoms with Crippen LogP contribution in [0.2, 0.25) is 0 Å². The summed E-state index contributed by atoms with van der Waals surface area (Å²) in [6, 6.07) is 16.1. The van der Waals surface area contributed by atoms with Gasteiger partial charge in [-0.25, -0.2) is 0 Å². The molecule has 0 aromatic heterocycles. The molecule has 2 aromatic carbocycles. The second-order valence-electron chi connectivity index (χ2n) is 3.57. The molecule has 0 aliphatic rings. The number of nitrogens with zero attached hydrogens (tertiary/aromatic N) is 1. The zero-order chi connectivity index (χ0) is 12.1. The van der Waals surface area contributed by atoms with Crippen LogP contribution in [0.3, 0.4) is 0 Å². The summed E-state index contributed by atoms with van der Waals surface area (Å²) in [7, 11) is 0. The van der Waals surface area contributed by atoms with Gasteiger partial charge in [-0.2, -0.15) is 5.26 Å². The Morgan fingerprint density at radius 1 is 1.12 bits per heavy atom. The lowest BCUT2D eigenvalue weighted by atomic mass is 10.2. The standard InChI is InChI=1S/C14H11NO2/c15-9-12-6-7-13(16)8-14(12)17-10-11-4-2-1-3-5-11/h1-8,16H,10H2. The van der Waals surface area contributed by atoms with Crippen molar-refractivity contribution in [3.05, 3.63) is 59.7 Å². The van der Waals surface area contributed by atoms with Gasteiger partial charge in [0.1, 0.15) is 24.2 Å². The Kier molecular flexibility index (Phi) is 3.27. The first-order valence-electron chi connectivity index (χ1n) is 5.19. The Morgan fingerprint density at radius 3 is 2.59 bits per heavy atom. The van der Waals surface area contributed by atoms with Gasteiger partial charge in [-0.1, -0.05) is 30.3 Å². The molecule has 3 heteroatoms. The van der Waals surface area contributed by atoms with Gasteiger partial charge in [0.2, 0.25) is 0 Å². The predicted octanol–water partition coefficient (Wildman–Crippen LogP) is 2.84. The Labute approximate surface area is 99.5 Å². The number of aromatic hydroxyl groups is 1. The van der Waals surface area contributed by atoms with Crippen molar-refractivity contribution < 1.29 is 9.84 Å². The van der Waals surface area contributed by atoms with E-state index in [9.17, 15) is 5.11 Å². The summed E-state index contributed by atoms with van der Waals surface area (Å²) in [4.78, 5) is 0. The van der Waals surface area contributed by atoms with E-state index in [0.717, 1.165) is 5.56 Å². The summed E-state index contributed by atoms with van der Waals surface area (Å²) in [6.07, 6.45) is 0. The van der Waals surface area contributed by atoms with Gasteiger partial charge in [0.15, 0.2) is 0 Å². The van der Waals surface area contributed by atoms with Crippen molar-refractivity contribution in [2.24, 2.45) is 0 Å². The van der Waals surface area contributed by atoms with Gasteiger partial charge in [0.05, 0.1) is 5.56 Å². The van der Waals surface area contributed by atoms with Crippen molar-refractivity contribution in [1.29, 1.82) is 5.26 Å². The molecule has 0 fully saturated rings. The third-order valence-corrected chi connectivity index (χ3v) is 2.32. The highest BCUT2D eigenvalue weighted by atomic mass is 16.5. The SMILES string of the molecule is N#Cc1ccc(O)cc1OCc1ccccc1. The fourth-order valence-corrected chi connectivity index (χ4v) is 1.46. The molecule has 0 saturated carbocycles. The number of rotatable bonds is 3. The minimum Gasteiger partial charge on any atom is -0.508 e. The van der Waals surface area contributed by atoms with E-state index in [1.54, 1.807) is 0 Å². The zero-order valence-corrected chi connectivity index (χ0v) is 9.13. The van der Waals surface area contributed by atoms with Gasteiger partial charge < -0.3 is 9.84 Å². The number of phenols is 1. The average Bonchev–Trinajstić information content (AvgIpc) is 2.38. The van der Waals surface area contributed by atoms with Gasteiger partial charge in [-0.15, -0.1) is 0 Å². The first kappa shape index (κ1) is 11.0. The third-order valence-electron chi connectivity index (χ3n) is 2.32. The summed E-state index contributed by atoms with van der Waals surface area (Å²) in [5.41, 5.74) is 1.43. The van der Waals surface area contributed by atoms with Gasteiger partial charge >= 0.3 is 0 Å². The van der Waals surface area contributed by atoms with Crippen molar-refractivity contribution in [2.75, 3.05) is 0 Å². The van der Waals surface area contributed by atoms with Crippen molar-refractivity contribution in [1.82, 2.24) is 0 Å². The minimum absolute atomic E-state index is 0.0899. The first-order chi connectivity index (χ1) is 8.29. The van der Waals surface area contributed by atoms with Crippen LogP contribution in [-0.4, -0.2) is 5.11 Å². The highest BCUT2D eigenvalue weighted by molar-refractivity contribution is 5.47. The molecular formula is C14H11NO2.